The molecule has 0 unspecified atom stereocenters. The molecule has 1 rings (SSSR count). The molecule has 1 aliphatic rings. The Hall–Kier alpha value is -0.345. The molecule has 0 radical (unpaired) electrons. The van der Waals surface area contributed by atoms with Crippen LogP contribution >= 0.6 is 0 Å². The van der Waals surface area contributed by atoms with Gasteiger partial charge in [-0.3, -0.25) is 0 Å². The summed E-state index contributed by atoms with van der Waals surface area (Å²) in [5, 5.41) is 0. The summed E-state index contributed by atoms with van der Waals surface area (Å²) in [4.78, 5) is 10.2. The molecule has 74 valence electrons. The zero-order chi connectivity index (χ0) is 10.1. The normalized spacial score (nSPS) is 24.8. The van der Waals surface area contributed by atoms with Crippen molar-refractivity contribution in [3.8, 4) is 0 Å². The second-order valence-corrected chi connectivity index (χ2v) is 4.43. The summed E-state index contributed by atoms with van der Waals surface area (Å²) in [6, 6.07) is 0. The highest BCUT2D eigenvalue weighted by molar-refractivity contribution is 6.45. The van der Waals surface area contributed by atoms with E-state index in [0.29, 0.717) is 12.7 Å². The summed E-state index contributed by atoms with van der Waals surface area (Å²) in [5.74, 6) is 0. The van der Waals surface area contributed by atoms with E-state index in [0.717, 1.165) is 6.29 Å². The second-order valence-electron chi connectivity index (χ2n) is 4.43. The maximum absolute atomic E-state index is 10.2. The highest BCUT2D eigenvalue weighted by Gasteiger charge is 2.50. The first-order valence-corrected chi connectivity index (χ1v) is 4.68. The minimum Gasteiger partial charge on any atom is -0.403 e. The first kappa shape index (κ1) is 10.7. The monoisotopic (exact) mass is 184 g/mol. The molecule has 0 aromatic carbocycles. The van der Waals surface area contributed by atoms with Gasteiger partial charge in [0.15, 0.2) is 0 Å². The number of hydrogen-bond donors (Lipinski definition) is 0. The summed E-state index contributed by atoms with van der Waals surface area (Å²) in [5.41, 5.74) is -0.554. The van der Waals surface area contributed by atoms with Crippen LogP contribution in [0.4, 0.5) is 0 Å². The van der Waals surface area contributed by atoms with Crippen molar-refractivity contribution in [3.05, 3.63) is 0 Å². The molecular formula is C9H17BO3. The van der Waals surface area contributed by atoms with Crippen LogP contribution in [-0.4, -0.2) is 24.6 Å². The molecule has 0 atom stereocenters. The zero-order valence-corrected chi connectivity index (χ0v) is 8.79. The van der Waals surface area contributed by atoms with Crippen LogP contribution in [0.3, 0.4) is 0 Å². The predicted molar refractivity (Wildman–Crippen MR) is 51.6 cm³/mol. The molecule has 1 saturated heterocycles. The lowest BCUT2D eigenvalue weighted by molar-refractivity contribution is -0.107. The molecule has 13 heavy (non-hydrogen) atoms. The molecule has 1 heterocycles. The van der Waals surface area contributed by atoms with Gasteiger partial charge in [-0.25, -0.2) is 0 Å². The van der Waals surface area contributed by atoms with Crippen molar-refractivity contribution in [2.24, 2.45) is 0 Å². The van der Waals surface area contributed by atoms with Gasteiger partial charge in [0.2, 0.25) is 0 Å². The van der Waals surface area contributed by atoms with Crippen molar-refractivity contribution in [2.45, 2.75) is 51.6 Å². The molecule has 4 heteroatoms. The molecule has 0 amide bonds. The highest BCUT2D eigenvalue weighted by Crippen LogP contribution is 2.37. The van der Waals surface area contributed by atoms with E-state index in [4.69, 9.17) is 9.31 Å². The van der Waals surface area contributed by atoms with Crippen LogP contribution in [0.25, 0.3) is 0 Å². The summed E-state index contributed by atoms with van der Waals surface area (Å²) in [7, 11) is -0.227. The largest absolute Gasteiger partial charge is 0.458 e. The Kier molecular flexibility index (Phi) is 2.83. The smallest absolute Gasteiger partial charge is 0.403 e. The van der Waals surface area contributed by atoms with Gasteiger partial charge in [0, 0.05) is 6.42 Å². The van der Waals surface area contributed by atoms with E-state index in [9.17, 15) is 4.79 Å². The molecule has 0 aliphatic carbocycles. The minimum atomic E-state index is -0.277. The van der Waals surface area contributed by atoms with Crippen LogP contribution in [0.2, 0.25) is 6.32 Å². The molecule has 0 saturated carbocycles. The van der Waals surface area contributed by atoms with E-state index in [1.165, 1.54) is 0 Å². The van der Waals surface area contributed by atoms with E-state index >= 15 is 0 Å². The van der Waals surface area contributed by atoms with E-state index < -0.39 is 0 Å². The Morgan fingerprint density at radius 3 is 2.00 bits per heavy atom. The molecule has 3 nitrogen and oxygen atoms in total. The summed E-state index contributed by atoms with van der Waals surface area (Å²) in [6.07, 6.45) is 2.04. The van der Waals surface area contributed by atoms with Crippen LogP contribution in [0.5, 0.6) is 0 Å². The molecule has 0 N–H and O–H groups in total. The summed E-state index contributed by atoms with van der Waals surface area (Å²) >= 11 is 0. The molecule has 1 aliphatic heterocycles. The molecular weight excluding hydrogens is 167 g/mol. The minimum absolute atomic E-state index is 0.227. The van der Waals surface area contributed by atoms with Crippen LogP contribution in [-0.2, 0) is 14.1 Å². The molecule has 0 aromatic heterocycles. The Labute approximate surface area is 79.9 Å². The van der Waals surface area contributed by atoms with Crippen molar-refractivity contribution in [1.82, 2.24) is 0 Å². The standard InChI is InChI=1S/C9H17BO3/c1-8(2)9(3,4)13-10(12-8)6-5-7-11/h7H,5-6H2,1-4H3. The first-order valence-electron chi connectivity index (χ1n) is 4.68. The van der Waals surface area contributed by atoms with Crippen molar-refractivity contribution in [1.29, 1.82) is 0 Å². The van der Waals surface area contributed by atoms with Gasteiger partial charge in [-0.2, -0.15) is 0 Å². The van der Waals surface area contributed by atoms with E-state index in [2.05, 4.69) is 0 Å². The van der Waals surface area contributed by atoms with Crippen LogP contribution < -0.4 is 0 Å². The Balaban J connectivity index is 2.54. The van der Waals surface area contributed by atoms with Gasteiger partial charge in [0.1, 0.15) is 6.29 Å². The van der Waals surface area contributed by atoms with Gasteiger partial charge in [0.25, 0.3) is 0 Å². The second kappa shape index (κ2) is 3.43. The third-order valence-electron chi connectivity index (χ3n) is 2.82. The van der Waals surface area contributed by atoms with E-state index in [1.807, 2.05) is 27.7 Å². The third-order valence-corrected chi connectivity index (χ3v) is 2.82. The number of carbonyl (C=O) groups excluding carboxylic acids is 1. The lowest BCUT2D eigenvalue weighted by Crippen LogP contribution is -2.41. The van der Waals surface area contributed by atoms with Crippen molar-refractivity contribution in [3.63, 3.8) is 0 Å². The number of rotatable bonds is 3. The van der Waals surface area contributed by atoms with Crippen LogP contribution in [0.1, 0.15) is 34.1 Å². The van der Waals surface area contributed by atoms with Gasteiger partial charge in [-0.05, 0) is 34.0 Å². The predicted octanol–water partition coefficient (Wildman–Crippen LogP) is 1.67. The lowest BCUT2D eigenvalue weighted by Gasteiger charge is -2.32. The number of carbonyl (C=O) groups is 1. The third kappa shape index (κ3) is 2.12. The lowest BCUT2D eigenvalue weighted by atomic mass is 9.83. The van der Waals surface area contributed by atoms with Crippen molar-refractivity contribution in [2.75, 3.05) is 0 Å². The summed E-state index contributed by atoms with van der Waals surface area (Å²) in [6.45, 7) is 8.03. The van der Waals surface area contributed by atoms with Gasteiger partial charge >= 0.3 is 7.12 Å². The van der Waals surface area contributed by atoms with E-state index in [-0.39, 0.29) is 18.3 Å². The maximum atomic E-state index is 10.2. The zero-order valence-electron chi connectivity index (χ0n) is 8.79. The number of hydrogen-bond acceptors (Lipinski definition) is 3. The Morgan fingerprint density at radius 1 is 1.15 bits per heavy atom. The fourth-order valence-corrected chi connectivity index (χ4v) is 1.29. The maximum Gasteiger partial charge on any atom is 0.458 e. The fourth-order valence-electron chi connectivity index (χ4n) is 1.29. The average molecular weight is 184 g/mol. The molecule has 0 aromatic rings. The Bertz CT molecular complexity index is 185. The van der Waals surface area contributed by atoms with Gasteiger partial charge in [0.05, 0.1) is 11.2 Å². The highest BCUT2D eigenvalue weighted by atomic mass is 16.7. The topological polar surface area (TPSA) is 35.5 Å². The van der Waals surface area contributed by atoms with Gasteiger partial charge < -0.3 is 14.1 Å². The van der Waals surface area contributed by atoms with Crippen molar-refractivity contribution >= 4 is 13.4 Å². The van der Waals surface area contributed by atoms with E-state index in [1.54, 1.807) is 0 Å². The Morgan fingerprint density at radius 2 is 1.62 bits per heavy atom. The average Bonchev–Trinajstić information content (AvgIpc) is 2.17. The SMILES string of the molecule is CC1(C)OB(CCC=O)OC1(C)C. The van der Waals surface area contributed by atoms with Crippen LogP contribution in [0.15, 0.2) is 0 Å². The summed E-state index contributed by atoms with van der Waals surface area (Å²) < 4.78 is 11.4. The first-order chi connectivity index (χ1) is 5.89. The molecule has 0 bridgehead atoms. The fraction of sp³-hybridized carbons (Fsp3) is 0.889. The van der Waals surface area contributed by atoms with Gasteiger partial charge in [-0.1, -0.05) is 0 Å². The molecule has 1 fully saturated rings. The van der Waals surface area contributed by atoms with Crippen LogP contribution in [0, 0.1) is 0 Å². The quantitative estimate of drug-likeness (QED) is 0.494. The molecule has 0 spiro atoms. The van der Waals surface area contributed by atoms with Gasteiger partial charge in [-0.15, -0.1) is 0 Å². The van der Waals surface area contributed by atoms with Crippen molar-refractivity contribution < 1.29 is 14.1 Å². The number of aldehydes is 1.